The summed E-state index contributed by atoms with van der Waals surface area (Å²) in [5.41, 5.74) is 4.73. The molecule has 208 valence electrons. The lowest BCUT2D eigenvalue weighted by molar-refractivity contribution is -0.122. The molecule has 0 unspecified atom stereocenters. The van der Waals surface area contributed by atoms with Gasteiger partial charge in [0, 0.05) is 36.9 Å². The summed E-state index contributed by atoms with van der Waals surface area (Å²) < 4.78 is 5.42. The Kier molecular flexibility index (Phi) is 7.69. The zero-order chi connectivity index (χ0) is 27.6. The summed E-state index contributed by atoms with van der Waals surface area (Å²) in [6.07, 6.45) is 5.75. The number of hydrogen-bond acceptors (Lipinski definition) is 7. The van der Waals surface area contributed by atoms with E-state index in [0.29, 0.717) is 53.5 Å². The Balaban J connectivity index is 1.11. The first-order chi connectivity index (χ1) is 19.5. The molecule has 2 fully saturated rings. The van der Waals surface area contributed by atoms with E-state index in [1.807, 2.05) is 24.3 Å². The molecule has 3 aliphatic rings. The van der Waals surface area contributed by atoms with E-state index in [1.165, 1.54) is 23.3 Å². The second-order valence-electron chi connectivity index (χ2n) is 10.7. The van der Waals surface area contributed by atoms with E-state index >= 15 is 0 Å². The number of ether oxygens (including phenoxy) is 1. The predicted octanol–water partition coefficient (Wildman–Crippen LogP) is 4.07. The molecule has 3 aromatic rings. The number of aliphatic hydroxyl groups is 1. The molecule has 1 saturated heterocycles. The molecule has 0 radical (unpaired) electrons. The van der Waals surface area contributed by atoms with Crippen molar-refractivity contribution < 1.29 is 19.4 Å². The molecule has 2 amide bonds. The lowest BCUT2D eigenvalue weighted by Gasteiger charge is -2.23. The molecule has 1 saturated carbocycles. The Labute approximate surface area is 237 Å². The smallest absolute Gasteiger partial charge is 0.254 e. The Hall–Kier alpha value is -3.53. The van der Waals surface area contributed by atoms with Gasteiger partial charge in [-0.2, -0.15) is 0 Å². The van der Waals surface area contributed by atoms with Crippen LogP contribution in [0.5, 0.6) is 0 Å². The number of halogens is 1. The average Bonchev–Trinajstić information content (AvgIpc) is 3.78. The second kappa shape index (κ2) is 11.5. The van der Waals surface area contributed by atoms with Gasteiger partial charge in [0.15, 0.2) is 0 Å². The lowest BCUT2D eigenvalue weighted by atomic mass is 10.0. The van der Waals surface area contributed by atoms with E-state index in [4.69, 9.17) is 16.3 Å². The Morgan fingerprint density at radius 1 is 1.12 bits per heavy atom. The first-order valence-electron chi connectivity index (χ1n) is 13.8. The number of aromatic nitrogens is 2. The van der Waals surface area contributed by atoms with Crippen molar-refractivity contribution in [2.75, 3.05) is 31.7 Å². The predicted molar refractivity (Wildman–Crippen MR) is 151 cm³/mol. The number of anilines is 1. The summed E-state index contributed by atoms with van der Waals surface area (Å²) in [6, 6.07) is 13.3. The Bertz CT molecular complexity index is 1410. The van der Waals surface area contributed by atoms with Crippen LogP contribution in [0.25, 0.3) is 11.3 Å². The average molecular weight is 562 g/mol. The van der Waals surface area contributed by atoms with Crippen LogP contribution in [-0.4, -0.2) is 64.2 Å². The summed E-state index contributed by atoms with van der Waals surface area (Å²) in [4.78, 5) is 36.6. The Morgan fingerprint density at radius 3 is 2.62 bits per heavy atom. The van der Waals surface area contributed by atoms with Gasteiger partial charge in [-0.25, -0.2) is 9.97 Å². The van der Waals surface area contributed by atoms with Crippen LogP contribution in [0.4, 0.5) is 5.95 Å². The number of nitrogens with zero attached hydrogens (tertiary/aromatic N) is 3. The van der Waals surface area contributed by atoms with E-state index in [-0.39, 0.29) is 31.0 Å². The van der Waals surface area contributed by atoms with Crippen LogP contribution in [0.2, 0.25) is 5.02 Å². The van der Waals surface area contributed by atoms with Gasteiger partial charge in [0.25, 0.3) is 5.91 Å². The first kappa shape index (κ1) is 26.7. The van der Waals surface area contributed by atoms with Crippen molar-refractivity contribution in [3.05, 3.63) is 75.9 Å². The number of carbonyl (C=O) groups excluding carboxylic acids is 2. The molecule has 1 aromatic heterocycles. The minimum atomic E-state index is -0.531. The van der Waals surface area contributed by atoms with Gasteiger partial charge in [0.1, 0.15) is 6.54 Å². The highest BCUT2D eigenvalue weighted by Gasteiger charge is 2.30. The van der Waals surface area contributed by atoms with Gasteiger partial charge in [0.05, 0.1) is 29.6 Å². The molecule has 10 heteroatoms. The maximum Gasteiger partial charge on any atom is 0.254 e. The first-order valence-corrected chi connectivity index (χ1v) is 14.2. The van der Waals surface area contributed by atoms with Crippen LogP contribution in [0.15, 0.2) is 48.7 Å². The molecule has 9 nitrogen and oxygen atoms in total. The second-order valence-corrected chi connectivity index (χ2v) is 11.1. The largest absolute Gasteiger partial charge is 0.394 e. The molecule has 2 aromatic carbocycles. The molecular formula is C30H32ClN5O4. The van der Waals surface area contributed by atoms with Crippen molar-refractivity contribution in [3.63, 3.8) is 0 Å². The molecule has 1 aliphatic carbocycles. The number of hydrogen-bond donors (Lipinski definition) is 3. The number of rotatable bonds is 9. The minimum absolute atomic E-state index is 0.104. The molecule has 0 bridgehead atoms. The van der Waals surface area contributed by atoms with E-state index in [9.17, 15) is 14.7 Å². The maximum absolute atomic E-state index is 13.3. The third-order valence-electron chi connectivity index (χ3n) is 7.80. The third kappa shape index (κ3) is 5.82. The number of fused-ring (bicyclic) bond motifs is 1. The standard InChI is InChI=1S/C30H32ClN5O4/c31-25-14-32-30(33-23-9-11-40-12-10-23)35-28(25)21-7-8-22-15-36(29(39)24(22)13-21)16-27(38)34-26(17-37)20-5-3-19(4-6-20)18-1-2-18/h3-8,13-14,18,23,26,37H,1-2,9-12,15-17H2,(H,34,38)(H,32,33,35)/t26-/m1/s1. The minimum Gasteiger partial charge on any atom is -0.394 e. The van der Waals surface area contributed by atoms with Crippen molar-refractivity contribution >= 4 is 29.4 Å². The summed E-state index contributed by atoms with van der Waals surface area (Å²) in [7, 11) is 0. The van der Waals surface area contributed by atoms with E-state index in [0.717, 1.165) is 24.0 Å². The van der Waals surface area contributed by atoms with Crippen molar-refractivity contribution in [3.8, 4) is 11.3 Å². The molecule has 0 spiro atoms. The third-order valence-corrected chi connectivity index (χ3v) is 8.08. The SMILES string of the molecule is O=C(CN1Cc2ccc(-c3nc(NC4CCOCC4)ncc3Cl)cc2C1=O)N[C@H](CO)c1ccc(C2CC2)cc1. The van der Waals surface area contributed by atoms with Crippen LogP contribution in [-0.2, 0) is 16.1 Å². The number of carbonyl (C=O) groups is 2. The zero-order valence-corrected chi connectivity index (χ0v) is 22.9. The molecule has 3 heterocycles. The van der Waals surface area contributed by atoms with E-state index in [2.05, 4.69) is 32.7 Å². The molecule has 2 aliphatic heterocycles. The van der Waals surface area contributed by atoms with Crippen LogP contribution < -0.4 is 10.6 Å². The van der Waals surface area contributed by atoms with Gasteiger partial charge < -0.3 is 25.4 Å². The topological polar surface area (TPSA) is 117 Å². The monoisotopic (exact) mass is 561 g/mol. The molecule has 40 heavy (non-hydrogen) atoms. The van der Waals surface area contributed by atoms with E-state index in [1.54, 1.807) is 12.3 Å². The normalized spacial score (nSPS) is 17.9. The zero-order valence-electron chi connectivity index (χ0n) is 22.1. The van der Waals surface area contributed by atoms with Crippen LogP contribution in [0.3, 0.4) is 0 Å². The lowest BCUT2D eigenvalue weighted by Crippen LogP contribution is -2.40. The van der Waals surface area contributed by atoms with Gasteiger partial charge in [-0.15, -0.1) is 0 Å². The van der Waals surface area contributed by atoms with E-state index < -0.39 is 6.04 Å². The fourth-order valence-electron chi connectivity index (χ4n) is 5.36. The van der Waals surface area contributed by atoms with Crippen molar-refractivity contribution in [2.24, 2.45) is 0 Å². The van der Waals surface area contributed by atoms with Crippen molar-refractivity contribution in [2.45, 2.75) is 50.2 Å². The van der Waals surface area contributed by atoms with Crippen LogP contribution >= 0.6 is 11.6 Å². The number of amides is 2. The van der Waals surface area contributed by atoms with Crippen LogP contribution in [0.1, 0.15) is 64.7 Å². The summed E-state index contributed by atoms with van der Waals surface area (Å²) in [5.74, 6) is 0.569. The van der Waals surface area contributed by atoms with Gasteiger partial charge >= 0.3 is 0 Å². The van der Waals surface area contributed by atoms with Gasteiger partial charge in [0.2, 0.25) is 11.9 Å². The molecule has 6 rings (SSSR count). The van der Waals surface area contributed by atoms with Crippen molar-refractivity contribution in [1.82, 2.24) is 20.2 Å². The van der Waals surface area contributed by atoms with Gasteiger partial charge in [-0.05, 0) is 54.4 Å². The quantitative estimate of drug-likeness (QED) is 0.360. The highest BCUT2D eigenvalue weighted by molar-refractivity contribution is 6.33. The van der Waals surface area contributed by atoms with Gasteiger partial charge in [-0.3, -0.25) is 9.59 Å². The molecule has 1 atom stereocenters. The fourth-order valence-corrected chi connectivity index (χ4v) is 5.56. The number of aliphatic hydroxyl groups excluding tert-OH is 1. The molecular weight excluding hydrogens is 530 g/mol. The van der Waals surface area contributed by atoms with Gasteiger partial charge in [-0.1, -0.05) is 48.0 Å². The summed E-state index contributed by atoms with van der Waals surface area (Å²) in [6.45, 7) is 1.40. The molecule has 3 N–H and O–H groups in total. The highest BCUT2D eigenvalue weighted by atomic mass is 35.5. The number of nitrogens with one attached hydrogen (secondary N) is 2. The van der Waals surface area contributed by atoms with Crippen molar-refractivity contribution in [1.29, 1.82) is 0 Å². The number of benzene rings is 2. The maximum atomic E-state index is 13.3. The fraction of sp³-hybridized carbons (Fsp3) is 0.400. The summed E-state index contributed by atoms with van der Waals surface area (Å²) >= 11 is 6.46. The highest BCUT2D eigenvalue weighted by Crippen LogP contribution is 2.40. The van der Waals surface area contributed by atoms with Crippen LogP contribution in [0, 0.1) is 0 Å². The Morgan fingerprint density at radius 2 is 1.90 bits per heavy atom. The summed E-state index contributed by atoms with van der Waals surface area (Å²) in [5, 5.41) is 16.5.